The lowest BCUT2D eigenvalue weighted by atomic mass is 9.87. The predicted molar refractivity (Wildman–Crippen MR) is 112 cm³/mol. The van der Waals surface area contributed by atoms with E-state index in [2.05, 4.69) is 46.0 Å². The molecule has 2 aromatic rings. The third-order valence-corrected chi connectivity index (χ3v) is 7.09. The molecular formula is C24H29N3O2. The number of rotatable bonds is 3. The molecule has 29 heavy (non-hydrogen) atoms. The first-order chi connectivity index (χ1) is 14.2. The van der Waals surface area contributed by atoms with Crippen LogP contribution in [0.2, 0.25) is 0 Å². The van der Waals surface area contributed by atoms with Crippen molar-refractivity contribution in [1.29, 1.82) is 0 Å². The van der Waals surface area contributed by atoms with Gasteiger partial charge in [0.15, 0.2) is 0 Å². The Bertz CT molecular complexity index is 865. The van der Waals surface area contributed by atoms with Gasteiger partial charge in [0.25, 0.3) is 5.91 Å². The number of carbonyl (C=O) groups is 1. The fourth-order valence-electron chi connectivity index (χ4n) is 5.61. The summed E-state index contributed by atoms with van der Waals surface area (Å²) in [6.45, 7) is 6.94. The third-order valence-electron chi connectivity index (χ3n) is 7.09. The normalized spacial score (nSPS) is 27.9. The van der Waals surface area contributed by atoms with Crippen molar-refractivity contribution in [3.8, 4) is 0 Å². The molecule has 0 bridgehead atoms. The van der Waals surface area contributed by atoms with Gasteiger partial charge in [-0.3, -0.25) is 14.7 Å². The molecule has 3 saturated heterocycles. The Morgan fingerprint density at radius 2 is 1.79 bits per heavy atom. The molecule has 1 amide bonds. The number of likely N-dealkylation sites (tertiary alicyclic amines) is 2. The van der Waals surface area contributed by atoms with Gasteiger partial charge in [-0.15, -0.1) is 0 Å². The van der Waals surface area contributed by atoms with E-state index in [4.69, 9.17) is 4.74 Å². The fraction of sp³-hybridized carbons (Fsp3) is 0.500. The van der Waals surface area contributed by atoms with Crippen molar-refractivity contribution in [3.63, 3.8) is 0 Å². The number of nitrogens with zero attached hydrogens (tertiary/aromatic N) is 3. The minimum absolute atomic E-state index is 0.132. The number of carbonyl (C=O) groups excluding carboxylic acids is 1. The summed E-state index contributed by atoms with van der Waals surface area (Å²) in [5.41, 5.74) is 3.31. The van der Waals surface area contributed by atoms with Gasteiger partial charge in [-0.25, -0.2) is 0 Å². The van der Waals surface area contributed by atoms with E-state index in [-0.39, 0.29) is 11.9 Å². The number of benzene rings is 1. The maximum absolute atomic E-state index is 13.4. The highest BCUT2D eigenvalue weighted by atomic mass is 16.5. The van der Waals surface area contributed by atoms with Crippen molar-refractivity contribution in [1.82, 2.24) is 14.8 Å². The highest BCUT2D eigenvalue weighted by Crippen LogP contribution is 2.47. The lowest BCUT2D eigenvalue weighted by Crippen LogP contribution is -2.41. The van der Waals surface area contributed by atoms with Gasteiger partial charge in [0.05, 0.1) is 6.04 Å². The minimum atomic E-state index is 0.132. The van der Waals surface area contributed by atoms with Gasteiger partial charge >= 0.3 is 0 Å². The number of aryl methyl sites for hydroxylation is 1. The molecule has 0 spiro atoms. The Hall–Kier alpha value is -2.24. The van der Waals surface area contributed by atoms with Gasteiger partial charge in [0.2, 0.25) is 0 Å². The zero-order valence-electron chi connectivity index (χ0n) is 17.0. The first-order valence-corrected chi connectivity index (χ1v) is 10.8. The molecule has 3 fully saturated rings. The molecule has 1 aromatic heterocycles. The SMILES string of the molecule is Cc1ccccc1[C@@H]1[C@H]2CN(C3CCOCC3)C[C@H]2CN1C(=O)c1ccncc1. The van der Waals surface area contributed by atoms with E-state index >= 15 is 0 Å². The largest absolute Gasteiger partial charge is 0.381 e. The van der Waals surface area contributed by atoms with E-state index in [9.17, 15) is 4.79 Å². The molecule has 5 nitrogen and oxygen atoms in total. The molecule has 3 atom stereocenters. The molecule has 1 aromatic carbocycles. The molecule has 0 N–H and O–H groups in total. The summed E-state index contributed by atoms with van der Waals surface area (Å²) in [4.78, 5) is 22.3. The van der Waals surface area contributed by atoms with Gasteiger partial charge in [-0.1, -0.05) is 24.3 Å². The fourth-order valence-corrected chi connectivity index (χ4v) is 5.61. The summed E-state index contributed by atoms with van der Waals surface area (Å²) in [5, 5.41) is 0. The average molecular weight is 392 g/mol. The molecule has 3 aliphatic rings. The Morgan fingerprint density at radius 1 is 1.03 bits per heavy atom. The van der Waals surface area contributed by atoms with E-state index in [1.807, 2.05) is 12.1 Å². The Labute approximate surface area is 172 Å². The van der Waals surface area contributed by atoms with Gasteiger partial charge in [-0.2, -0.15) is 0 Å². The van der Waals surface area contributed by atoms with E-state index < -0.39 is 0 Å². The molecular weight excluding hydrogens is 362 g/mol. The van der Waals surface area contributed by atoms with Crippen LogP contribution < -0.4 is 0 Å². The molecule has 0 radical (unpaired) electrons. The van der Waals surface area contributed by atoms with Crippen LogP contribution in [-0.2, 0) is 4.74 Å². The van der Waals surface area contributed by atoms with Crippen molar-refractivity contribution >= 4 is 5.91 Å². The van der Waals surface area contributed by atoms with Crippen LogP contribution in [0.3, 0.4) is 0 Å². The van der Waals surface area contributed by atoms with Crippen molar-refractivity contribution in [2.24, 2.45) is 11.8 Å². The number of hydrogen-bond donors (Lipinski definition) is 0. The second kappa shape index (κ2) is 7.88. The van der Waals surface area contributed by atoms with Crippen LogP contribution in [0.5, 0.6) is 0 Å². The summed E-state index contributed by atoms with van der Waals surface area (Å²) in [6.07, 6.45) is 5.68. The molecule has 152 valence electrons. The quantitative estimate of drug-likeness (QED) is 0.805. The van der Waals surface area contributed by atoms with E-state index in [0.717, 1.165) is 51.3 Å². The van der Waals surface area contributed by atoms with Crippen molar-refractivity contribution in [2.45, 2.75) is 31.8 Å². The van der Waals surface area contributed by atoms with Crippen LogP contribution in [0.25, 0.3) is 0 Å². The zero-order valence-corrected chi connectivity index (χ0v) is 17.0. The van der Waals surface area contributed by atoms with E-state index in [1.165, 1.54) is 11.1 Å². The highest BCUT2D eigenvalue weighted by molar-refractivity contribution is 5.94. The van der Waals surface area contributed by atoms with Crippen molar-refractivity contribution < 1.29 is 9.53 Å². The van der Waals surface area contributed by atoms with Crippen LogP contribution in [0.1, 0.15) is 40.4 Å². The zero-order chi connectivity index (χ0) is 19.8. The molecule has 5 rings (SSSR count). The van der Waals surface area contributed by atoms with Gasteiger partial charge < -0.3 is 9.64 Å². The predicted octanol–water partition coefficient (Wildman–Crippen LogP) is 3.31. The molecule has 0 unspecified atom stereocenters. The van der Waals surface area contributed by atoms with Gasteiger partial charge in [-0.05, 0) is 48.9 Å². The Kier molecular flexibility index (Phi) is 5.10. The number of ether oxygens (including phenoxy) is 1. The number of fused-ring (bicyclic) bond motifs is 1. The topological polar surface area (TPSA) is 45.7 Å². The lowest BCUT2D eigenvalue weighted by molar-refractivity contribution is 0.0361. The van der Waals surface area contributed by atoms with Gasteiger partial charge in [0.1, 0.15) is 0 Å². The first-order valence-electron chi connectivity index (χ1n) is 10.8. The average Bonchev–Trinajstić information content (AvgIpc) is 3.33. The summed E-state index contributed by atoms with van der Waals surface area (Å²) in [6, 6.07) is 13.0. The van der Waals surface area contributed by atoms with Crippen LogP contribution in [0, 0.1) is 18.8 Å². The van der Waals surface area contributed by atoms with Crippen LogP contribution >= 0.6 is 0 Å². The smallest absolute Gasteiger partial charge is 0.254 e. The first kappa shape index (κ1) is 18.8. The Morgan fingerprint density at radius 3 is 2.55 bits per heavy atom. The number of hydrogen-bond acceptors (Lipinski definition) is 4. The summed E-state index contributed by atoms with van der Waals surface area (Å²) < 4.78 is 5.57. The van der Waals surface area contributed by atoms with Gasteiger partial charge in [0, 0.05) is 62.8 Å². The molecule has 5 heteroatoms. The van der Waals surface area contributed by atoms with Crippen molar-refractivity contribution in [3.05, 3.63) is 65.5 Å². The second-order valence-corrected chi connectivity index (χ2v) is 8.72. The van der Waals surface area contributed by atoms with Crippen molar-refractivity contribution in [2.75, 3.05) is 32.8 Å². The van der Waals surface area contributed by atoms with E-state index in [1.54, 1.807) is 12.4 Å². The Balaban J connectivity index is 1.45. The van der Waals surface area contributed by atoms with Crippen LogP contribution in [0.15, 0.2) is 48.8 Å². The monoisotopic (exact) mass is 391 g/mol. The highest BCUT2D eigenvalue weighted by Gasteiger charge is 2.50. The third kappa shape index (κ3) is 3.47. The molecule has 0 saturated carbocycles. The summed E-state index contributed by atoms with van der Waals surface area (Å²) >= 11 is 0. The molecule has 4 heterocycles. The number of pyridine rings is 1. The number of amides is 1. The lowest BCUT2D eigenvalue weighted by Gasteiger charge is -2.35. The maximum Gasteiger partial charge on any atom is 0.254 e. The maximum atomic E-state index is 13.4. The summed E-state index contributed by atoms with van der Waals surface area (Å²) in [7, 11) is 0. The number of aromatic nitrogens is 1. The molecule has 0 aliphatic carbocycles. The molecule has 3 aliphatic heterocycles. The van der Waals surface area contributed by atoms with E-state index in [0.29, 0.717) is 17.9 Å². The standard InChI is InChI=1S/C24H29N3O2/c1-17-4-2-3-5-21(17)23-22-16-26(20-8-12-29-13-9-20)14-19(22)15-27(23)24(28)18-6-10-25-11-7-18/h2-7,10-11,19-20,22-23H,8-9,12-16H2,1H3/t19-,22-,23+/m0/s1. The minimum Gasteiger partial charge on any atom is -0.381 e. The summed E-state index contributed by atoms with van der Waals surface area (Å²) in [5.74, 6) is 1.16. The van der Waals surface area contributed by atoms with Crippen LogP contribution in [0.4, 0.5) is 0 Å². The van der Waals surface area contributed by atoms with Crippen LogP contribution in [-0.4, -0.2) is 59.6 Å². The second-order valence-electron chi connectivity index (χ2n) is 8.72.